The van der Waals surface area contributed by atoms with Gasteiger partial charge >= 0.3 is 0 Å². The lowest BCUT2D eigenvalue weighted by atomic mass is 10.2. The molecule has 3 heteroatoms. The fourth-order valence-corrected chi connectivity index (χ4v) is 2.41. The quantitative estimate of drug-likeness (QED) is 0.717. The Morgan fingerprint density at radius 3 is 2.29 bits per heavy atom. The summed E-state index contributed by atoms with van der Waals surface area (Å²) in [6, 6.07) is 19.0. The van der Waals surface area contributed by atoms with Gasteiger partial charge in [0.2, 0.25) is 0 Å². The van der Waals surface area contributed by atoms with Crippen molar-refractivity contribution in [2.24, 2.45) is 0 Å². The smallest absolute Gasteiger partial charge is 0.119 e. The zero-order valence-electron chi connectivity index (χ0n) is 12.6. The fraction of sp³-hybridized carbons (Fsp3) is 0.333. The van der Waals surface area contributed by atoms with Crippen LogP contribution >= 0.6 is 15.9 Å². The second kappa shape index (κ2) is 8.20. The molecule has 0 bridgehead atoms. The van der Waals surface area contributed by atoms with Crippen molar-refractivity contribution in [3.63, 3.8) is 0 Å². The number of nitrogens with zero attached hydrogens (tertiary/aromatic N) is 1. The number of hydrogen-bond donors (Lipinski definition) is 0. The van der Waals surface area contributed by atoms with Crippen LogP contribution in [-0.2, 0) is 6.54 Å². The number of halogens is 1. The highest BCUT2D eigenvalue weighted by Gasteiger charge is 2.10. The average molecular weight is 348 g/mol. The highest BCUT2D eigenvalue weighted by atomic mass is 79.9. The largest absolute Gasteiger partial charge is 0.492 e. The molecule has 2 aromatic rings. The molecule has 0 spiro atoms. The second-order valence-corrected chi connectivity index (χ2v) is 6.27. The first kappa shape index (κ1) is 16.1. The number of ether oxygens (including phenoxy) is 1. The van der Waals surface area contributed by atoms with Gasteiger partial charge in [-0.25, -0.2) is 0 Å². The van der Waals surface area contributed by atoms with Crippen molar-refractivity contribution in [2.75, 3.05) is 13.2 Å². The van der Waals surface area contributed by atoms with Crippen molar-refractivity contribution < 1.29 is 4.74 Å². The zero-order chi connectivity index (χ0) is 15.1. The third-order valence-corrected chi connectivity index (χ3v) is 3.95. The van der Waals surface area contributed by atoms with Crippen LogP contribution in [-0.4, -0.2) is 24.1 Å². The Morgan fingerprint density at radius 1 is 1.00 bits per heavy atom. The molecule has 2 rings (SSSR count). The number of hydrogen-bond acceptors (Lipinski definition) is 2. The van der Waals surface area contributed by atoms with Crippen LogP contribution in [0.25, 0.3) is 0 Å². The van der Waals surface area contributed by atoms with Gasteiger partial charge in [-0.05, 0) is 43.7 Å². The van der Waals surface area contributed by atoms with Gasteiger partial charge < -0.3 is 4.74 Å². The molecule has 0 radical (unpaired) electrons. The minimum Gasteiger partial charge on any atom is -0.492 e. The minimum atomic E-state index is 0.499. The summed E-state index contributed by atoms with van der Waals surface area (Å²) < 4.78 is 6.89. The van der Waals surface area contributed by atoms with Crippen molar-refractivity contribution in [1.82, 2.24) is 4.90 Å². The molecule has 0 aliphatic heterocycles. The summed E-state index contributed by atoms with van der Waals surface area (Å²) >= 11 is 3.43. The van der Waals surface area contributed by atoms with Gasteiger partial charge in [0.1, 0.15) is 12.4 Å². The first-order valence-corrected chi connectivity index (χ1v) is 8.11. The summed E-state index contributed by atoms with van der Waals surface area (Å²) in [5, 5.41) is 0. The van der Waals surface area contributed by atoms with Crippen LogP contribution in [0.5, 0.6) is 5.75 Å². The Balaban J connectivity index is 1.84. The Morgan fingerprint density at radius 2 is 1.67 bits per heavy atom. The van der Waals surface area contributed by atoms with E-state index in [-0.39, 0.29) is 0 Å². The zero-order valence-corrected chi connectivity index (χ0v) is 14.2. The minimum absolute atomic E-state index is 0.499. The maximum atomic E-state index is 5.82. The van der Waals surface area contributed by atoms with Crippen LogP contribution in [0.15, 0.2) is 59.1 Å². The van der Waals surface area contributed by atoms with Gasteiger partial charge in [-0.15, -0.1) is 0 Å². The number of rotatable bonds is 7. The molecule has 112 valence electrons. The monoisotopic (exact) mass is 347 g/mol. The predicted molar refractivity (Wildman–Crippen MR) is 91.6 cm³/mol. The van der Waals surface area contributed by atoms with E-state index in [2.05, 4.69) is 65.0 Å². The molecule has 2 nitrogen and oxygen atoms in total. The maximum Gasteiger partial charge on any atom is 0.119 e. The summed E-state index contributed by atoms with van der Waals surface area (Å²) in [6.45, 7) is 7.03. The lowest BCUT2D eigenvalue weighted by Gasteiger charge is -2.26. The topological polar surface area (TPSA) is 12.5 Å². The Kier molecular flexibility index (Phi) is 6.27. The highest BCUT2D eigenvalue weighted by Crippen LogP contribution is 2.16. The van der Waals surface area contributed by atoms with Gasteiger partial charge in [-0.3, -0.25) is 4.90 Å². The van der Waals surface area contributed by atoms with Gasteiger partial charge in [-0.2, -0.15) is 0 Å². The van der Waals surface area contributed by atoms with E-state index in [4.69, 9.17) is 4.74 Å². The van der Waals surface area contributed by atoms with Crippen LogP contribution in [0.4, 0.5) is 0 Å². The molecule has 0 aliphatic rings. The van der Waals surface area contributed by atoms with Crippen LogP contribution in [0.1, 0.15) is 19.4 Å². The fourth-order valence-electron chi connectivity index (χ4n) is 2.15. The molecule has 2 aromatic carbocycles. The third kappa shape index (κ3) is 5.52. The summed E-state index contributed by atoms with van der Waals surface area (Å²) in [4.78, 5) is 2.42. The van der Waals surface area contributed by atoms with Crippen molar-refractivity contribution in [2.45, 2.75) is 26.4 Å². The number of benzene rings is 2. The molecule has 0 aliphatic carbocycles. The van der Waals surface area contributed by atoms with E-state index in [0.29, 0.717) is 12.6 Å². The maximum absolute atomic E-state index is 5.82. The summed E-state index contributed by atoms with van der Waals surface area (Å²) in [7, 11) is 0. The molecule has 0 N–H and O–H groups in total. The summed E-state index contributed by atoms with van der Waals surface area (Å²) in [5.74, 6) is 0.918. The lowest BCUT2D eigenvalue weighted by Crippen LogP contribution is -2.34. The van der Waals surface area contributed by atoms with Gasteiger partial charge in [0.25, 0.3) is 0 Å². The Bertz CT molecular complexity index is 525. The Labute approximate surface area is 135 Å². The first-order valence-electron chi connectivity index (χ1n) is 7.31. The van der Waals surface area contributed by atoms with E-state index in [1.54, 1.807) is 0 Å². The van der Waals surface area contributed by atoms with E-state index in [1.165, 1.54) is 5.56 Å². The molecular weight excluding hydrogens is 326 g/mol. The van der Waals surface area contributed by atoms with Crippen LogP contribution in [0, 0.1) is 0 Å². The van der Waals surface area contributed by atoms with Gasteiger partial charge in [0, 0.05) is 23.6 Å². The van der Waals surface area contributed by atoms with Crippen LogP contribution in [0.2, 0.25) is 0 Å². The molecule has 21 heavy (non-hydrogen) atoms. The highest BCUT2D eigenvalue weighted by molar-refractivity contribution is 9.10. The summed E-state index contributed by atoms with van der Waals surface area (Å²) in [5.41, 5.74) is 1.34. The Hall–Kier alpha value is -1.32. The standard InChI is InChI=1S/C18H22BrNO/c1-15(2)20(14-16-6-4-3-5-7-16)12-13-21-18-10-8-17(19)9-11-18/h3-11,15H,12-14H2,1-2H3. The van der Waals surface area contributed by atoms with Gasteiger partial charge in [-0.1, -0.05) is 46.3 Å². The van der Waals surface area contributed by atoms with Crippen molar-refractivity contribution in [1.29, 1.82) is 0 Å². The summed E-state index contributed by atoms with van der Waals surface area (Å²) in [6.07, 6.45) is 0. The van der Waals surface area contributed by atoms with E-state index < -0.39 is 0 Å². The SMILES string of the molecule is CC(C)N(CCOc1ccc(Br)cc1)Cc1ccccc1. The van der Waals surface area contributed by atoms with E-state index >= 15 is 0 Å². The molecule has 0 aromatic heterocycles. The van der Waals surface area contributed by atoms with Crippen molar-refractivity contribution in [3.05, 3.63) is 64.6 Å². The van der Waals surface area contributed by atoms with Gasteiger partial charge in [0.05, 0.1) is 0 Å². The molecular formula is C18H22BrNO. The molecule has 0 saturated carbocycles. The molecule has 0 atom stereocenters. The predicted octanol–water partition coefficient (Wildman–Crippen LogP) is 4.74. The molecule has 0 saturated heterocycles. The third-order valence-electron chi connectivity index (χ3n) is 3.42. The molecule has 0 heterocycles. The van der Waals surface area contributed by atoms with E-state index in [9.17, 15) is 0 Å². The van der Waals surface area contributed by atoms with Crippen molar-refractivity contribution >= 4 is 15.9 Å². The van der Waals surface area contributed by atoms with Crippen molar-refractivity contribution in [3.8, 4) is 5.75 Å². The lowest BCUT2D eigenvalue weighted by molar-refractivity contribution is 0.169. The normalized spacial score (nSPS) is 11.1. The average Bonchev–Trinajstić information content (AvgIpc) is 2.49. The first-order chi connectivity index (χ1) is 10.1. The van der Waals surface area contributed by atoms with E-state index in [0.717, 1.165) is 23.3 Å². The molecule has 0 amide bonds. The van der Waals surface area contributed by atoms with Crippen LogP contribution < -0.4 is 4.74 Å². The second-order valence-electron chi connectivity index (χ2n) is 5.35. The van der Waals surface area contributed by atoms with Crippen LogP contribution in [0.3, 0.4) is 0 Å². The van der Waals surface area contributed by atoms with E-state index in [1.807, 2.05) is 24.3 Å². The molecule has 0 unspecified atom stereocenters. The molecule has 0 fully saturated rings. The van der Waals surface area contributed by atoms with Gasteiger partial charge in [0.15, 0.2) is 0 Å².